The summed E-state index contributed by atoms with van der Waals surface area (Å²) in [6.07, 6.45) is 3.08. The minimum absolute atomic E-state index is 0.0482. The van der Waals surface area contributed by atoms with Crippen LogP contribution in [0.4, 0.5) is 0 Å². The summed E-state index contributed by atoms with van der Waals surface area (Å²) in [6, 6.07) is 7.37. The van der Waals surface area contributed by atoms with Crippen molar-refractivity contribution in [1.82, 2.24) is 4.90 Å². The van der Waals surface area contributed by atoms with Gasteiger partial charge in [0.2, 0.25) is 0 Å². The van der Waals surface area contributed by atoms with E-state index in [2.05, 4.69) is 20.8 Å². The molecule has 0 N–H and O–H groups in total. The molecule has 0 aromatic heterocycles. The number of amides is 1. The lowest BCUT2D eigenvalue weighted by atomic mass is 9.74. The molecule has 2 atom stereocenters. The monoisotopic (exact) mass is 317 g/mol. The maximum absolute atomic E-state index is 12.7. The SMILES string of the molecule is COc1ccc(C(=O)N2CC[C@@]3(C)OC(C)(C)CC[C@H]3C2)cc1. The molecule has 0 bridgehead atoms. The number of carbonyl (C=O) groups is 1. The molecule has 2 heterocycles. The average Bonchev–Trinajstić information content (AvgIpc) is 2.52. The van der Waals surface area contributed by atoms with E-state index in [1.54, 1.807) is 7.11 Å². The number of fused-ring (bicyclic) bond motifs is 1. The van der Waals surface area contributed by atoms with Crippen LogP contribution in [0.3, 0.4) is 0 Å². The van der Waals surface area contributed by atoms with E-state index in [1.807, 2.05) is 29.2 Å². The second kappa shape index (κ2) is 5.82. The van der Waals surface area contributed by atoms with E-state index in [0.29, 0.717) is 5.92 Å². The summed E-state index contributed by atoms with van der Waals surface area (Å²) in [7, 11) is 1.63. The second-order valence-corrected chi connectivity index (χ2v) is 7.64. The van der Waals surface area contributed by atoms with Gasteiger partial charge in [-0.1, -0.05) is 0 Å². The molecule has 2 aliphatic heterocycles. The van der Waals surface area contributed by atoms with Crippen molar-refractivity contribution in [3.63, 3.8) is 0 Å². The van der Waals surface area contributed by atoms with Gasteiger partial charge in [0.05, 0.1) is 18.3 Å². The van der Waals surface area contributed by atoms with Crippen molar-refractivity contribution in [2.75, 3.05) is 20.2 Å². The molecule has 0 spiro atoms. The Bertz CT molecular complexity index is 581. The van der Waals surface area contributed by atoms with Gasteiger partial charge < -0.3 is 14.4 Å². The van der Waals surface area contributed by atoms with Gasteiger partial charge in [0.15, 0.2) is 0 Å². The number of nitrogens with zero attached hydrogens (tertiary/aromatic N) is 1. The van der Waals surface area contributed by atoms with Crippen LogP contribution in [0.1, 0.15) is 50.4 Å². The number of hydrogen-bond donors (Lipinski definition) is 0. The van der Waals surface area contributed by atoms with Crippen LogP contribution < -0.4 is 4.74 Å². The highest BCUT2D eigenvalue weighted by atomic mass is 16.5. The topological polar surface area (TPSA) is 38.8 Å². The first-order valence-corrected chi connectivity index (χ1v) is 8.46. The first-order chi connectivity index (χ1) is 10.8. The van der Waals surface area contributed by atoms with Gasteiger partial charge >= 0.3 is 0 Å². The number of hydrogen-bond acceptors (Lipinski definition) is 3. The van der Waals surface area contributed by atoms with E-state index in [4.69, 9.17) is 9.47 Å². The highest BCUT2D eigenvalue weighted by molar-refractivity contribution is 5.94. The maximum atomic E-state index is 12.7. The molecule has 0 radical (unpaired) electrons. The average molecular weight is 317 g/mol. The quantitative estimate of drug-likeness (QED) is 0.838. The molecule has 1 aromatic rings. The predicted octanol–water partition coefficient (Wildman–Crippen LogP) is 3.51. The summed E-state index contributed by atoms with van der Waals surface area (Å²) >= 11 is 0. The van der Waals surface area contributed by atoms with Crippen molar-refractivity contribution in [1.29, 1.82) is 0 Å². The number of piperidine rings is 1. The molecule has 3 rings (SSSR count). The fourth-order valence-electron chi connectivity index (χ4n) is 3.95. The van der Waals surface area contributed by atoms with Crippen LogP contribution in [0.5, 0.6) is 5.75 Å². The van der Waals surface area contributed by atoms with Gasteiger partial charge in [0.25, 0.3) is 5.91 Å². The van der Waals surface area contributed by atoms with Crippen LogP contribution in [-0.2, 0) is 4.74 Å². The van der Waals surface area contributed by atoms with Gasteiger partial charge in [0.1, 0.15) is 5.75 Å². The summed E-state index contributed by atoms with van der Waals surface area (Å²) in [4.78, 5) is 14.7. The smallest absolute Gasteiger partial charge is 0.253 e. The van der Waals surface area contributed by atoms with Crippen molar-refractivity contribution in [2.45, 2.75) is 51.2 Å². The molecule has 0 unspecified atom stereocenters. The largest absolute Gasteiger partial charge is 0.497 e. The zero-order valence-electron chi connectivity index (χ0n) is 14.6. The Balaban J connectivity index is 1.70. The first-order valence-electron chi connectivity index (χ1n) is 8.46. The molecular weight excluding hydrogens is 290 g/mol. The van der Waals surface area contributed by atoms with Crippen LogP contribution in [0.25, 0.3) is 0 Å². The summed E-state index contributed by atoms with van der Waals surface area (Å²) < 4.78 is 11.5. The predicted molar refractivity (Wildman–Crippen MR) is 89.8 cm³/mol. The minimum Gasteiger partial charge on any atom is -0.497 e. The Morgan fingerprint density at radius 1 is 1.22 bits per heavy atom. The highest BCUT2D eigenvalue weighted by Crippen LogP contribution is 2.44. The van der Waals surface area contributed by atoms with Crippen molar-refractivity contribution in [3.05, 3.63) is 29.8 Å². The van der Waals surface area contributed by atoms with Gasteiger partial charge in [-0.25, -0.2) is 0 Å². The molecule has 23 heavy (non-hydrogen) atoms. The Morgan fingerprint density at radius 3 is 2.57 bits per heavy atom. The van der Waals surface area contributed by atoms with E-state index in [-0.39, 0.29) is 17.1 Å². The lowest BCUT2D eigenvalue weighted by molar-refractivity contribution is -0.210. The molecule has 4 nitrogen and oxygen atoms in total. The number of ether oxygens (including phenoxy) is 2. The standard InChI is InChI=1S/C19H27NO3/c1-18(2)10-9-15-13-20(12-11-19(15,3)23-18)17(21)14-5-7-16(22-4)8-6-14/h5-8,15H,9-13H2,1-4H3/t15-,19+/m0/s1. The number of likely N-dealkylation sites (tertiary alicyclic amines) is 1. The van der Waals surface area contributed by atoms with Crippen LogP contribution in [0.15, 0.2) is 24.3 Å². The zero-order chi connectivity index (χ0) is 16.7. The van der Waals surface area contributed by atoms with Crippen molar-refractivity contribution in [3.8, 4) is 5.75 Å². The number of benzene rings is 1. The van der Waals surface area contributed by atoms with Gasteiger partial charge in [-0.15, -0.1) is 0 Å². The fourth-order valence-corrected chi connectivity index (χ4v) is 3.95. The van der Waals surface area contributed by atoms with E-state index < -0.39 is 0 Å². The highest BCUT2D eigenvalue weighted by Gasteiger charge is 2.47. The maximum Gasteiger partial charge on any atom is 0.253 e. The summed E-state index contributed by atoms with van der Waals surface area (Å²) in [5.74, 6) is 1.31. The third-order valence-electron chi connectivity index (χ3n) is 5.41. The molecule has 1 amide bonds. The van der Waals surface area contributed by atoms with Gasteiger partial charge in [-0.2, -0.15) is 0 Å². The molecule has 0 saturated carbocycles. The zero-order valence-corrected chi connectivity index (χ0v) is 14.6. The number of rotatable bonds is 2. The lowest BCUT2D eigenvalue weighted by Crippen LogP contribution is -2.58. The summed E-state index contributed by atoms with van der Waals surface area (Å²) in [6.45, 7) is 8.10. The van der Waals surface area contributed by atoms with Crippen molar-refractivity contribution >= 4 is 5.91 Å². The Morgan fingerprint density at radius 2 is 1.91 bits per heavy atom. The lowest BCUT2D eigenvalue weighted by Gasteiger charge is -2.53. The third-order valence-corrected chi connectivity index (χ3v) is 5.41. The van der Waals surface area contributed by atoms with Crippen LogP contribution in [0.2, 0.25) is 0 Å². The van der Waals surface area contributed by atoms with Crippen LogP contribution in [-0.4, -0.2) is 42.2 Å². The molecule has 0 aliphatic carbocycles. The van der Waals surface area contributed by atoms with Gasteiger partial charge in [0, 0.05) is 24.6 Å². The van der Waals surface area contributed by atoms with Crippen molar-refractivity contribution in [2.24, 2.45) is 5.92 Å². The molecule has 2 saturated heterocycles. The molecule has 4 heteroatoms. The van der Waals surface area contributed by atoms with E-state index in [1.165, 1.54) is 0 Å². The van der Waals surface area contributed by atoms with Crippen LogP contribution in [0, 0.1) is 5.92 Å². The first kappa shape index (κ1) is 16.3. The molecule has 2 aliphatic rings. The molecule has 126 valence electrons. The van der Waals surface area contributed by atoms with E-state index >= 15 is 0 Å². The molecular formula is C19H27NO3. The van der Waals surface area contributed by atoms with E-state index in [0.717, 1.165) is 43.7 Å². The van der Waals surface area contributed by atoms with Gasteiger partial charge in [-0.3, -0.25) is 4.79 Å². The normalized spacial score (nSPS) is 29.7. The Kier molecular flexibility index (Phi) is 4.13. The van der Waals surface area contributed by atoms with Crippen LogP contribution >= 0.6 is 0 Å². The van der Waals surface area contributed by atoms with Gasteiger partial charge in [-0.05, 0) is 64.3 Å². The summed E-state index contributed by atoms with van der Waals surface area (Å²) in [5.41, 5.74) is 0.581. The molecule has 2 fully saturated rings. The summed E-state index contributed by atoms with van der Waals surface area (Å²) in [5, 5.41) is 0. The molecule has 1 aromatic carbocycles. The van der Waals surface area contributed by atoms with Crippen molar-refractivity contribution < 1.29 is 14.3 Å². The Labute approximate surface area is 138 Å². The van der Waals surface area contributed by atoms with E-state index in [9.17, 15) is 4.79 Å². The second-order valence-electron chi connectivity index (χ2n) is 7.64. The number of methoxy groups -OCH3 is 1. The number of carbonyl (C=O) groups excluding carboxylic acids is 1. The fraction of sp³-hybridized carbons (Fsp3) is 0.632. The minimum atomic E-state index is -0.0988. The Hall–Kier alpha value is -1.55. The third kappa shape index (κ3) is 3.23.